The van der Waals surface area contributed by atoms with Gasteiger partial charge in [-0.2, -0.15) is 13.2 Å². The minimum Gasteiger partial charge on any atom is -0.337 e. The first kappa shape index (κ1) is 16.9. The zero-order valence-corrected chi connectivity index (χ0v) is 12.8. The van der Waals surface area contributed by atoms with Crippen LogP contribution in [0.4, 0.5) is 19.1 Å². The Bertz CT molecular complexity index is 621. The molecule has 1 aliphatic heterocycles. The molecule has 2 rings (SSSR count). The summed E-state index contributed by atoms with van der Waals surface area (Å²) in [5.41, 5.74) is -1.00. The summed E-state index contributed by atoms with van der Waals surface area (Å²) in [6.07, 6.45) is -0.0710. The number of rotatable bonds is 4. The van der Waals surface area contributed by atoms with Crippen LogP contribution in [0.1, 0.15) is 25.0 Å². The van der Waals surface area contributed by atoms with Crippen molar-refractivity contribution in [2.24, 2.45) is 0 Å². The molecule has 0 saturated carbocycles. The number of alkyl halides is 3. The fourth-order valence-electron chi connectivity index (χ4n) is 2.37. The van der Waals surface area contributed by atoms with Crippen LogP contribution in [0.15, 0.2) is 12.3 Å². The van der Waals surface area contributed by atoms with Crippen molar-refractivity contribution in [1.29, 1.82) is 0 Å². The Labute approximate surface area is 126 Å². The van der Waals surface area contributed by atoms with E-state index in [4.69, 9.17) is 0 Å². The average Bonchev–Trinajstić information content (AvgIpc) is 2.44. The molecule has 0 spiro atoms. The molecule has 1 aromatic rings. The van der Waals surface area contributed by atoms with Crippen molar-refractivity contribution < 1.29 is 21.6 Å². The largest absolute Gasteiger partial charge is 0.433 e. The second-order valence-electron chi connectivity index (χ2n) is 5.20. The molecule has 124 valence electrons. The maximum atomic E-state index is 12.7. The monoisotopic (exact) mass is 338 g/mol. The highest BCUT2D eigenvalue weighted by Gasteiger charge is 2.34. The van der Waals surface area contributed by atoms with Gasteiger partial charge in [-0.15, -0.1) is 0 Å². The van der Waals surface area contributed by atoms with Crippen molar-refractivity contribution in [3.63, 3.8) is 0 Å². The molecule has 0 radical (unpaired) electrons. The van der Waals surface area contributed by atoms with Crippen molar-refractivity contribution in [2.45, 2.75) is 31.5 Å². The number of hydrogen-bond donors (Lipinski definition) is 1. The first-order valence-electron chi connectivity index (χ1n) is 6.78. The van der Waals surface area contributed by atoms with Crippen LogP contribution in [-0.4, -0.2) is 43.8 Å². The number of piperidine rings is 1. The van der Waals surface area contributed by atoms with Crippen LogP contribution in [0.5, 0.6) is 0 Å². The highest BCUT2D eigenvalue weighted by molar-refractivity contribution is 7.88. The maximum absolute atomic E-state index is 12.7. The van der Waals surface area contributed by atoms with Crippen molar-refractivity contribution in [3.8, 4) is 0 Å². The summed E-state index contributed by atoms with van der Waals surface area (Å²) >= 11 is 0. The predicted octanol–water partition coefficient (Wildman–Crippen LogP) is 1.40. The van der Waals surface area contributed by atoms with Gasteiger partial charge in [-0.3, -0.25) is 0 Å². The van der Waals surface area contributed by atoms with E-state index < -0.39 is 21.9 Å². The van der Waals surface area contributed by atoms with E-state index >= 15 is 0 Å². The fourth-order valence-corrected chi connectivity index (χ4v) is 2.86. The molecule has 22 heavy (non-hydrogen) atoms. The van der Waals surface area contributed by atoms with Crippen molar-refractivity contribution in [2.75, 3.05) is 24.2 Å². The quantitative estimate of drug-likeness (QED) is 0.898. The Balaban J connectivity index is 2.20. The number of halogens is 3. The van der Waals surface area contributed by atoms with E-state index in [1.807, 2.05) is 0 Å². The molecule has 10 heteroatoms. The lowest BCUT2D eigenvalue weighted by Crippen LogP contribution is -2.47. The van der Waals surface area contributed by atoms with E-state index in [1.165, 1.54) is 0 Å². The number of hydrogen-bond acceptors (Lipinski definition) is 5. The molecular formula is C12H17F3N4O2S. The Morgan fingerprint density at radius 1 is 1.41 bits per heavy atom. The summed E-state index contributed by atoms with van der Waals surface area (Å²) < 4.78 is 63.0. The first-order valence-corrected chi connectivity index (χ1v) is 8.67. The first-order chi connectivity index (χ1) is 10.2. The minimum atomic E-state index is -4.53. The van der Waals surface area contributed by atoms with Gasteiger partial charge >= 0.3 is 6.18 Å². The number of nitrogens with zero attached hydrogens (tertiary/aromatic N) is 3. The van der Waals surface area contributed by atoms with Crippen LogP contribution in [0.25, 0.3) is 0 Å². The van der Waals surface area contributed by atoms with Crippen LogP contribution < -0.4 is 9.62 Å². The van der Waals surface area contributed by atoms with Gasteiger partial charge in [0.05, 0.1) is 6.26 Å². The summed E-state index contributed by atoms with van der Waals surface area (Å²) in [5, 5.41) is 0. The number of nitrogens with one attached hydrogen (secondary N) is 1. The summed E-state index contributed by atoms with van der Waals surface area (Å²) in [4.78, 5) is 9.12. The Morgan fingerprint density at radius 3 is 2.77 bits per heavy atom. The molecule has 1 fully saturated rings. The molecule has 1 aliphatic rings. The minimum absolute atomic E-state index is 0.0187. The van der Waals surface area contributed by atoms with Gasteiger partial charge in [0.25, 0.3) is 0 Å². The standard InChI is InChI=1S/C12H17F3N4O2S/c1-22(20,21)17-8-9-4-2-3-7-19(9)11-16-6-5-10(18-11)12(13,14)15/h5-6,9,17H,2-4,7-8H2,1H3. The lowest BCUT2D eigenvalue weighted by atomic mass is 10.0. The Kier molecular flexibility index (Phi) is 4.90. The van der Waals surface area contributed by atoms with Gasteiger partial charge in [-0.05, 0) is 25.3 Å². The molecule has 1 atom stereocenters. The topological polar surface area (TPSA) is 75.2 Å². The van der Waals surface area contributed by atoms with E-state index in [0.717, 1.165) is 31.4 Å². The van der Waals surface area contributed by atoms with Gasteiger partial charge in [0, 0.05) is 25.3 Å². The van der Waals surface area contributed by atoms with Crippen LogP contribution in [0.2, 0.25) is 0 Å². The van der Waals surface area contributed by atoms with Crippen molar-refractivity contribution in [3.05, 3.63) is 18.0 Å². The van der Waals surface area contributed by atoms with Gasteiger partial charge in [-0.1, -0.05) is 0 Å². The molecular weight excluding hydrogens is 321 g/mol. The van der Waals surface area contributed by atoms with Crippen LogP contribution in [0, 0.1) is 0 Å². The molecule has 0 aromatic carbocycles. The zero-order chi connectivity index (χ0) is 16.4. The molecule has 6 nitrogen and oxygen atoms in total. The number of aromatic nitrogens is 2. The van der Waals surface area contributed by atoms with Gasteiger partial charge < -0.3 is 4.90 Å². The van der Waals surface area contributed by atoms with Gasteiger partial charge in [-0.25, -0.2) is 23.1 Å². The van der Waals surface area contributed by atoms with Crippen LogP contribution in [-0.2, 0) is 16.2 Å². The predicted molar refractivity (Wildman–Crippen MR) is 74.9 cm³/mol. The third-order valence-corrected chi connectivity index (χ3v) is 4.09. The normalized spacial score (nSPS) is 20.2. The fraction of sp³-hybridized carbons (Fsp3) is 0.667. The number of sulfonamides is 1. The molecule has 1 aromatic heterocycles. The van der Waals surface area contributed by atoms with Gasteiger partial charge in [0.2, 0.25) is 16.0 Å². The third-order valence-electron chi connectivity index (χ3n) is 3.40. The molecule has 0 bridgehead atoms. The van der Waals surface area contributed by atoms with Crippen LogP contribution >= 0.6 is 0 Å². The third kappa shape index (κ3) is 4.54. The zero-order valence-electron chi connectivity index (χ0n) is 12.0. The van der Waals surface area contributed by atoms with E-state index in [2.05, 4.69) is 14.7 Å². The molecule has 0 amide bonds. The van der Waals surface area contributed by atoms with Gasteiger partial charge in [0.15, 0.2) is 0 Å². The Morgan fingerprint density at radius 2 is 2.14 bits per heavy atom. The lowest BCUT2D eigenvalue weighted by molar-refractivity contribution is -0.141. The van der Waals surface area contributed by atoms with E-state index in [1.54, 1.807) is 4.90 Å². The second kappa shape index (κ2) is 6.37. The summed E-state index contributed by atoms with van der Waals surface area (Å²) in [7, 11) is -3.36. The lowest BCUT2D eigenvalue weighted by Gasteiger charge is -2.35. The molecule has 2 heterocycles. The smallest absolute Gasteiger partial charge is 0.337 e. The van der Waals surface area contributed by atoms with E-state index in [-0.39, 0.29) is 18.5 Å². The Hall–Kier alpha value is -1.42. The summed E-state index contributed by atoms with van der Waals surface area (Å²) in [6.45, 7) is 0.621. The van der Waals surface area contributed by atoms with Crippen LogP contribution in [0.3, 0.4) is 0 Å². The van der Waals surface area contributed by atoms with Crippen molar-refractivity contribution >= 4 is 16.0 Å². The van der Waals surface area contributed by atoms with Crippen molar-refractivity contribution in [1.82, 2.24) is 14.7 Å². The van der Waals surface area contributed by atoms with Gasteiger partial charge in [0.1, 0.15) is 5.69 Å². The SMILES string of the molecule is CS(=O)(=O)NCC1CCCCN1c1nccc(C(F)(F)F)n1. The number of anilines is 1. The van der Waals surface area contributed by atoms with E-state index in [0.29, 0.717) is 13.0 Å². The highest BCUT2D eigenvalue weighted by atomic mass is 32.2. The molecule has 0 aliphatic carbocycles. The molecule has 1 unspecified atom stereocenters. The summed E-state index contributed by atoms with van der Waals surface area (Å²) in [5.74, 6) is -0.0187. The van der Waals surface area contributed by atoms with E-state index in [9.17, 15) is 21.6 Å². The molecule has 1 N–H and O–H groups in total. The highest BCUT2D eigenvalue weighted by Crippen LogP contribution is 2.29. The average molecular weight is 338 g/mol. The maximum Gasteiger partial charge on any atom is 0.433 e. The molecule has 1 saturated heterocycles. The summed E-state index contributed by atoms with van der Waals surface area (Å²) in [6, 6.07) is 0.559. The second-order valence-corrected chi connectivity index (χ2v) is 7.04.